The fraction of sp³-hybridized carbons (Fsp3) is 0.462. The second kappa shape index (κ2) is 4.22. The normalized spacial score (nSPS) is 19.6. The molecule has 0 aliphatic heterocycles. The van der Waals surface area contributed by atoms with E-state index in [2.05, 4.69) is 0 Å². The summed E-state index contributed by atoms with van der Waals surface area (Å²) in [6.07, 6.45) is 3.57. The van der Waals surface area contributed by atoms with Crippen LogP contribution in [0, 0.1) is 15.5 Å². The quantitative estimate of drug-likeness (QED) is 0.362. The molecule has 0 N–H and O–H groups in total. The number of hydrogen-bond donors (Lipinski definition) is 0. The molecule has 0 unspecified atom stereocenters. The van der Waals surface area contributed by atoms with Crippen LogP contribution in [-0.4, -0.2) is 17.2 Å². The molecule has 0 atom stereocenters. The van der Waals surface area contributed by atoms with Crippen molar-refractivity contribution in [2.45, 2.75) is 31.8 Å². The Labute approximate surface area is 109 Å². The lowest BCUT2D eigenvalue weighted by Crippen LogP contribution is -2.35. The monoisotopic (exact) mass is 263 g/mol. The first-order chi connectivity index (χ1) is 9.06. The molecule has 1 spiro atoms. The first-order valence-corrected chi connectivity index (χ1v) is 6.19. The van der Waals surface area contributed by atoms with Crippen LogP contribution in [0.4, 0.5) is 10.5 Å². The third-order valence-electron chi connectivity index (χ3n) is 3.79. The van der Waals surface area contributed by atoms with Crippen LogP contribution in [0.1, 0.15) is 25.7 Å². The van der Waals surface area contributed by atoms with Gasteiger partial charge in [-0.3, -0.25) is 10.1 Å². The largest absolute Gasteiger partial charge is 0.514 e. The number of nitro benzene ring substituents is 1. The van der Waals surface area contributed by atoms with Crippen molar-refractivity contribution in [3.8, 4) is 5.75 Å². The summed E-state index contributed by atoms with van der Waals surface area (Å²) in [5, 5.41) is 10.5. The highest BCUT2D eigenvalue weighted by atomic mass is 16.7. The van der Waals surface area contributed by atoms with E-state index in [1.165, 1.54) is 37.1 Å². The van der Waals surface area contributed by atoms with Crippen LogP contribution in [0.5, 0.6) is 5.75 Å². The van der Waals surface area contributed by atoms with Gasteiger partial charge in [0.2, 0.25) is 0 Å². The number of ether oxygens (including phenoxy) is 2. The minimum absolute atomic E-state index is 0.0342. The number of nitrogens with zero attached hydrogens (tertiary/aromatic N) is 1. The molecule has 2 aliphatic carbocycles. The maximum Gasteiger partial charge on any atom is 0.514 e. The highest BCUT2D eigenvalue weighted by Crippen LogP contribution is 2.61. The van der Waals surface area contributed by atoms with Crippen LogP contribution in [0.15, 0.2) is 24.3 Å². The van der Waals surface area contributed by atoms with Crippen molar-refractivity contribution >= 4 is 11.8 Å². The van der Waals surface area contributed by atoms with E-state index in [1.807, 2.05) is 0 Å². The molecule has 0 saturated heterocycles. The molecule has 0 heterocycles. The topological polar surface area (TPSA) is 78.7 Å². The van der Waals surface area contributed by atoms with E-state index in [4.69, 9.17) is 9.47 Å². The molecule has 6 nitrogen and oxygen atoms in total. The molecule has 1 aromatic carbocycles. The molecule has 3 rings (SSSR count). The second-order valence-electron chi connectivity index (χ2n) is 5.25. The zero-order chi connectivity index (χ0) is 13.5. The molecule has 0 amide bonds. The first kappa shape index (κ1) is 12.0. The van der Waals surface area contributed by atoms with E-state index < -0.39 is 11.1 Å². The third-order valence-corrected chi connectivity index (χ3v) is 3.79. The molecule has 19 heavy (non-hydrogen) atoms. The van der Waals surface area contributed by atoms with E-state index in [0.29, 0.717) is 5.41 Å². The van der Waals surface area contributed by atoms with Gasteiger partial charge in [0.15, 0.2) is 0 Å². The van der Waals surface area contributed by atoms with Gasteiger partial charge < -0.3 is 9.47 Å². The van der Waals surface area contributed by atoms with Crippen LogP contribution >= 0.6 is 0 Å². The Morgan fingerprint density at radius 3 is 2.42 bits per heavy atom. The third kappa shape index (κ3) is 2.52. The number of hydrogen-bond acceptors (Lipinski definition) is 5. The molecule has 0 aromatic heterocycles. The molecule has 2 fully saturated rings. The van der Waals surface area contributed by atoms with Gasteiger partial charge in [-0.05, 0) is 43.2 Å². The Morgan fingerprint density at radius 2 is 1.89 bits per heavy atom. The molecule has 1 aromatic rings. The average Bonchev–Trinajstić information content (AvgIpc) is 3.09. The second-order valence-corrected chi connectivity index (χ2v) is 5.25. The summed E-state index contributed by atoms with van der Waals surface area (Å²) in [5.41, 5.74) is 0.425. The Morgan fingerprint density at radius 1 is 1.26 bits per heavy atom. The van der Waals surface area contributed by atoms with Crippen molar-refractivity contribution in [2.24, 2.45) is 5.41 Å². The molecular weight excluding hydrogens is 250 g/mol. The Hall–Kier alpha value is -2.11. The van der Waals surface area contributed by atoms with E-state index in [9.17, 15) is 14.9 Å². The summed E-state index contributed by atoms with van der Waals surface area (Å²) in [7, 11) is 0. The highest BCUT2D eigenvalue weighted by molar-refractivity contribution is 5.64. The van der Waals surface area contributed by atoms with Gasteiger partial charge in [-0.15, -0.1) is 0 Å². The predicted octanol–water partition coefficient (Wildman–Crippen LogP) is 3.05. The summed E-state index contributed by atoms with van der Waals surface area (Å²) in [4.78, 5) is 21.4. The molecular formula is C13H13NO5. The van der Waals surface area contributed by atoms with E-state index in [-0.39, 0.29) is 17.5 Å². The number of rotatable bonds is 3. The van der Waals surface area contributed by atoms with Crippen molar-refractivity contribution in [3.63, 3.8) is 0 Å². The predicted molar refractivity (Wildman–Crippen MR) is 64.9 cm³/mol. The minimum Gasteiger partial charge on any atom is -0.431 e. The van der Waals surface area contributed by atoms with Crippen LogP contribution in [-0.2, 0) is 4.74 Å². The van der Waals surface area contributed by atoms with Gasteiger partial charge >= 0.3 is 6.16 Å². The lowest BCUT2D eigenvalue weighted by atomic mass is 9.79. The van der Waals surface area contributed by atoms with Crippen LogP contribution in [0.25, 0.3) is 0 Å². The zero-order valence-corrected chi connectivity index (χ0v) is 10.2. The lowest BCUT2D eigenvalue weighted by molar-refractivity contribution is -0.384. The molecule has 2 aliphatic rings. The van der Waals surface area contributed by atoms with Gasteiger partial charge in [-0.2, -0.15) is 0 Å². The van der Waals surface area contributed by atoms with E-state index in [1.54, 1.807) is 0 Å². The number of nitro groups is 1. The van der Waals surface area contributed by atoms with Crippen molar-refractivity contribution in [3.05, 3.63) is 34.4 Å². The molecule has 0 bridgehead atoms. The minimum atomic E-state index is -0.741. The van der Waals surface area contributed by atoms with Crippen molar-refractivity contribution < 1.29 is 19.2 Å². The lowest BCUT2D eigenvalue weighted by Gasteiger charge is -2.34. The van der Waals surface area contributed by atoms with Crippen LogP contribution in [0.3, 0.4) is 0 Å². The maximum absolute atomic E-state index is 11.5. The highest BCUT2D eigenvalue weighted by Gasteiger charge is 2.54. The summed E-state index contributed by atoms with van der Waals surface area (Å²) < 4.78 is 10.1. The van der Waals surface area contributed by atoms with Gasteiger partial charge in [0.25, 0.3) is 5.69 Å². The number of carbonyl (C=O) groups excluding carboxylic acids is 1. The van der Waals surface area contributed by atoms with Gasteiger partial charge in [0, 0.05) is 12.1 Å². The Balaban J connectivity index is 1.50. The SMILES string of the molecule is O=C(Oc1ccc([N+](=O)[O-])cc1)OC1CC2(CC2)C1. The average molecular weight is 263 g/mol. The van der Waals surface area contributed by atoms with Crippen LogP contribution < -0.4 is 4.74 Å². The first-order valence-electron chi connectivity index (χ1n) is 6.19. The number of non-ortho nitro benzene ring substituents is 1. The van der Waals surface area contributed by atoms with Crippen molar-refractivity contribution in [1.82, 2.24) is 0 Å². The summed E-state index contributed by atoms with van der Waals surface area (Å²) in [5.74, 6) is 0.246. The van der Waals surface area contributed by atoms with E-state index in [0.717, 1.165) is 12.8 Å². The van der Waals surface area contributed by atoms with Gasteiger partial charge in [-0.1, -0.05) is 0 Å². The smallest absolute Gasteiger partial charge is 0.431 e. The Kier molecular flexibility index (Phi) is 2.66. The molecule has 2 saturated carbocycles. The maximum atomic E-state index is 11.5. The summed E-state index contributed by atoms with van der Waals surface area (Å²) >= 11 is 0. The standard InChI is InChI=1S/C13H13NO5/c15-12(19-11-7-13(8-11)5-6-13)18-10-3-1-9(2-4-10)14(16)17/h1-4,11H,5-8H2. The zero-order valence-electron chi connectivity index (χ0n) is 10.2. The number of benzene rings is 1. The molecule has 0 radical (unpaired) electrons. The molecule has 6 heteroatoms. The summed E-state index contributed by atoms with van der Waals surface area (Å²) in [6.45, 7) is 0. The van der Waals surface area contributed by atoms with Crippen molar-refractivity contribution in [2.75, 3.05) is 0 Å². The van der Waals surface area contributed by atoms with E-state index >= 15 is 0 Å². The number of carbonyl (C=O) groups is 1. The van der Waals surface area contributed by atoms with Crippen LogP contribution in [0.2, 0.25) is 0 Å². The Bertz CT molecular complexity index is 512. The van der Waals surface area contributed by atoms with Gasteiger partial charge in [0.1, 0.15) is 11.9 Å². The fourth-order valence-corrected chi connectivity index (χ4v) is 2.47. The van der Waals surface area contributed by atoms with Gasteiger partial charge in [0.05, 0.1) is 4.92 Å². The van der Waals surface area contributed by atoms with Gasteiger partial charge in [-0.25, -0.2) is 4.79 Å². The molecule has 100 valence electrons. The van der Waals surface area contributed by atoms with Crippen molar-refractivity contribution in [1.29, 1.82) is 0 Å². The fourth-order valence-electron chi connectivity index (χ4n) is 2.47. The summed E-state index contributed by atoms with van der Waals surface area (Å²) in [6, 6.07) is 5.32.